The molecular formula is C13H24O6. The van der Waals surface area contributed by atoms with Gasteiger partial charge in [-0.05, 0) is 26.7 Å². The number of carbonyl (C=O) groups excluding carboxylic acids is 2. The molecule has 0 atom stereocenters. The van der Waals surface area contributed by atoms with Gasteiger partial charge in [0.15, 0.2) is 0 Å². The number of carbonyl (C=O) groups is 2. The maximum Gasteiger partial charge on any atom is 0.508 e. The molecule has 19 heavy (non-hydrogen) atoms. The van der Waals surface area contributed by atoms with Crippen molar-refractivity contribution in [2.45, 2.75) is 46.0 Å². The van der Waals surface area contributed by atoms with E-state index in [0.717, 1.165) is 32.1 Å². The highest BCUT2D eigenvalue weighted by molar-refractivity contribution is 5.59. The minimum atomic E-state index is -0.606. The van der Waals surface area contributed by atoms with Crippen molar-refractivity contribution in [1.29, 1.82) is 0 Å². The van der Waals surface area contributed by atoms with E-state index < -0.39 is 12.3 Å². The highest BCUT2D eigenvalue weighted by atomic mass is 16.7. The Morgan fingerprint density at radius 1 is 0.632 bits per heavy atom. The third-order valence-electron chi connectivity index (χ3n) is 2.25. The predicted molar refractivity (Wildman–Crippen MR) is 69.0 cm³/mol. The molecule has 0 saturated heterocycles. The van der Waals surface area contributed by atoms with Crippen molar-refractivity contribution in [3.63, 3.8) is 0 Å². The molecule has 0 rings (SSSR count). The second-order valence-electron chi connectivity index (χ2n) is 3.83. The molecule has 0 aliphatic heterocycles. The molecule has 0 fully saturated rings. The molecule has 0 radical (unpaired) electrons. The molecule has 0 unspecified atom stereocenters. The zero-order chi connectivity index (χ0) is 14.3. The van der Waals surface area contributed by atoms with Gasteiger partial charge in [0.25, 0.3) is 0 Å². The van der Waals surface area contributed by atoms with Crippen LogP contribution in [0.3, 0.4) is 0 Å². The molecule has 112 valence electrons. The van der Waals surface area contributed by atoms with Crippen LogP contribution in [-0.2, 0) is 18.9 Å². The predicted octanol–water partition coefficient (Wildman–Crippen LogP) is 3.28. The number of rotatable bonds is 10. The second-order valence-corrected chi connectivity index (χ2v) is 3.83. The largest absolute Gasteiger partial charge is 0.508 e. The van der Waals surface area contributed by atoms with Gasteiger partial charge in [0, 0.05) is 0 Å². The number of hydrogen-bond donors (Lipinski definition) is 0. The summed E-state index contributed by atoms with van der Waals surface area (Å²) in [6.45, 7) is 4.91. The van der Waals surface area contributed by atoms with Crippen molar-refractivity contribution >= 4 is 12.3 Å². The Kier molecular flexibility index (Phi) is 12.0. The minimum absolute atomic E-state index is 0.333. The van der Waals surface area contributed by atoms with Gasteiger partial charge < -0.3 is 18.9 Å². The van der Waals surface area contributed by atoms with Crippen molar-refractivity contribution < 1.29 is 28.5 Å². The molecule has 0 aliphatic carbocycles. The van der Waals surface area contributed by atoms with E-state index in [1.807, 2.05) is 0 Å². The summed E-state index contributed by atoms with van der Waals surface area (Å²) in [6, 6.07) is 0. The van der Waals surface area contributed by atoms with E-state index in [4.69, 9.17) is 9.47 Å². The smallest absolute Gasteiger partial charge is 0.435 e. The van der Waals surface area contributed by atoms with Gasteiger partial charge in [0.2, 0.25) is 0 Å². The van der Waals surface area contributed by atoms with Crippen molar-refractivity contribution in [3.8, 4) is 0 Å². The molecule has 0 spiro atoms. The second kappa shape index (κ2) is 13.0. The summed E-state index contributed by atoms with van der Waals surface area (Å²) in [5, 5.41) is 0. The molecule has 0 heterocycles. The average molecular weight is 276 g/mol. The number of hydrogen-bond acceptors (Lipinski definition) is 6. The molecule has 0 aromatic rings. The Morgan fingerprint density at radius 3 is 1.37 bits per heavy atom. The van der Waals surface area contributed by atoms with Crippen molar-refractivity contribution in [2.24, 2.45) is 0 Å². The van der Waals surface area contributed by atoms with Crippen LogP contribution >= 0.6 is 0 Å². The van der Waals surface area contributed by atoms with Crippen molar-refractivity contribution in [2.75, 3.05) is 26.4 Å². The lowest BCUT2D eigenvalue weighted by Gasteiger charge is -2.05. The van der Waals surface area contributed by atoms with Crippen LogP contribution in [-0.4, -0.2) is 38.7 Å². The van der Waals surface area contributed by atoms with Crippen molar-refractivity contribution in [1.82, 2.24) is 0 Å². The van der Waals surface area contributed by atoms with Crippen LogP contribution < -0.4 is 0 Å². The molecule has 0 aromatic heterocycles. The van der Waals surface area contributed by atoms with Gasteiger partial charge in [-0.2, -0.15) is 0 Å². The maximum absolute atomic E-state index is 10.8. The fourth-order valence-electron chi connectivity index (χ4n) is 1.36. The van der Waals surface area contributed by atoms with Gasteiger partial charge in [0.05, 0.1) is 26.4 Å². The van der Waals surface area contributed by atoms with Gasteiger partial charge >= 0.3 is 12.3 Å². The summed E-state index contributed by atoms with van der Waals surface area (Å²) in [7, 11) is 0. The average Bonchev–Trinajstić information content (AvgIpc) is 2.37. The lowest BCUT2D eigenvalue weighted by molar-refractivity contribution is 0.0574. The highest BCUT2D eigenvalue weighted by Crippen LogP contribution is 2.04. The first kappa shape index (κ1) is 17.5. The Morgan fingerprint density at radius 2 is 1.00 bits per heavy atom. The van der Waals surface area contributed by atoms with E-state index in [1.54, 1.807) is 13.8 Å². The lowest BCUT2D eigenvalue weighted by atomic mass is 10.1. The van der Waals surface area contributed by atoms with Crippen LogP contribution in [0.4, 0.5) is 9.59 Å². The van der Waals surface area contributed by atoms with Crippen LogP contribution in [0, 0.1) is 0 Å². The Labute approximate surface area is 114 Å². The Hall–Kier alpha value is -1.46. The van der Waals surface area contributed by atoms with Crippen LogP contribution in [0.15, 0.2) is 0 Å². The SMILES string of the molecule is CCOC(=O)OCCCCCCCOC(=O)OCC. The summed E-state index contributed by atoms with van der Waals surface area (Å²) in [6.07, 6.45) is 3.38. The highest BCUT2D eigenvalue weighted by Gasteiger charge is 2.02. The van der Waals surface area contributed by atoms with E-state index in [1.165, 1.54) is 0 Å². The molecule has 0 aliphatic rings. The maximum atomic E-state index is 10.8. The van der Waals surface area contributed by atoms with Crippen LogP contribution in [0.25, 0.3) is 0 Å². The summed E-state index contributed by atoms with van der Waals surface area (Å²) in [5.41, 5.74) is 0. The summed E-state index contributed by atoms with van der Waals surface area (Å²) >= 11 is 0. The minimum Gasteiger partial charge on any atom is -0.435 e. The fraction of sp³-hybridized carbons (Fsp3) is 0.846. The van der Waals surface area contributed by atoms with Gasteiger partial charge in [0.1, 0.15) is 0 Å². The van der Waals surface area contributed by atoms with E-state index in [0.29, 0.717) is 26.4 Å². The topological polar surface area (TPSA) is 71.1 Å². The molecular weight excluding hydrogens is 252 g/mol. The van der Waals surface area contributed by atoms with Crippen LogP contribution in [0.5, 0.6) is 0 Å². The zero-order valence-electron chi connectivity index (χ0n) is 11.8. The first-order valence-electron chi connectivity index (χ1n) is 6.79. The molecule has 0 aromatic carbocycles. The summed E-state index contributed by atoms with van der Waals surface area (Å²) in [5.74, 6) is 0. The molecule has 0 bridgehead atoms. The fourth-order valence-corrected chi connectivity index (χ4v) is 1.36. The molecule has 0 saturated carbocycles. The Balaban J connectivity index is 3.15. The van der Waals surface area contributed by atoms with Gasteiger partial charge in [-0.1, -0.05) is 19.3 Å². The van der Waals surface area contributed by atoms with Gasteiger partial charge in [-0.3, -0.25) is 0 Å². The summed E-state index contributed by atoms with van der Waals surface area (Å²) < 4.78 is 18.9. The lowest BCUT2D eigenvalue weighted by Crippen LogP contribution is -2.08. The molecule has 6 heteroatoms. The normalized spacial score (nSPS) is 9.79. The van der Waals surface area contributed by atoms with Crippen molar-refractivity contribution in [3.05, 3.63) is 0 Å². The summed E-state index contributed by atoms with van der Waals surface area (Å²) in [4.78, 5) is 21.7. The number of unbranched alkanes of at least 4 members (excludes halogenated alkanes) is 4. The van der Waals surface area contributed by atoms with Crippen LogP contribution in [0.2, 0.25) is 0 Å². The number of ether oxygens (including phenoxy) is 4. The van der Waals surface area contributed by atoms with Gasteiger partial charge in [-0.25, -0.2) is 9.59 Å². The first-order valence-corrected chi connectivity index (χ1v) is 6.79. The molecule has 0 amide bonds. The third kappa shape index (κ3) is 12.8. The van der Waals surface area contributed by atoms with E-state index >= 15 is 0 Å². The third-order valence-corrected chi connectivity index (χ3v) is 2.25. The molecule has 6 nitrogen and oxygen atoms in total. The zero-order valence-corrected chi connectivity index (χ0v) is 11.8. The Bertz CT molecular complexity index is 217. The standard InChI is InChI=1S/C13H24O6/c1-3-16-12(14)18-10-8-6-5-7-9-11-19-13(15)17-4-2/h3-11H2,1-2H3. The first-order chi connectivity index (χ1) is 9.20. The molecule has 0 N–H and O–H groups in total. The van der Waals surface area contributed by atoms with Crippen LogP contribution in [0.1, 0.15) is 46.0 Å². The monoisotopic (exact) mass is 276 g/mol. The van der Waals surface area contributed by atoms with E-state index in [9.17, 15) is 9.59 Å². The quantitative estimate of drug-likeness (QED) is 0.450. The van der Waals surface area contributed by atoms with E-state index in [-0.39, 0.29) is 0 Å². The van der Waals surface area contributed by atoms with E-state index in [2.05, 4.69) is 9.47 Å². The van der Waals surface area contributed by atoms with Gasteiger partial charge in [-0.15, -0.1) is 0 Å².